The molecule has 3 aromatic rings. The van der Waals surface area contributed by atoms with Crippen LogP contribution in [0.1, 0.15) is 24.1 Å². The number of aryl methyl sites for hydroxylation is 3. The van der Waals surface area contributed by atoms with Crippen molar-refractivity contribution in [2.75, 3.05) is 26.1 Å². The zero-order valence-electron chi connectivity index (χ0n) is 17.7. The Morgan fingerprint density at radius 1 is 1.16 bits per heavy atom. The second-order valence-corrected chi connectivity index (χ2v) is 6.65. The summed E-state index contributed by atoms with van der Waals surface area (Å²) >= 11 is 0. The number of benzene rings is 1. The van der Waals surface area contributed by atoms with E-state index >= 15 is 0 Å². The van der Waals surface area contributed by atoms with Crippen molar-refractivity contribution in [1.29, 1.82) is 0 Å². The summed E-state index contributed by atoms with van der Waals surface area (Å²) in [6, 6.07) is 6.51. The second-order valence-electron chi connectivity index (χ2n) is 6.65. The lowest BCUT2D eigenvalue weighted by Crippen LogP contribution is -2.22. The molecular weight excluding hydrogens is 417 g/mol. The van der Waals surface area contributed by atoms with Crippen LogP contribution in [0, 0.1) is 6.92 Å². The Morgan fingerprint density at radius 3 is 2.45 bits per heavy atom. The van der Waals surface area contributed by atoms with Gasteiger partial charge < -0.3 is 20.3 Å². The highest BCUT2D eigenvalue weighted by molar-refractivity contribution is 5.82. The standard InChI is InChI=1S/C20H24F2N4O3.FH.H2O/c1-12-18-14(19(21)22)11-17(27)26(20(18)24-25(12)2)9-5-8-23-13-6-7-15(28-3)16(10-13)29-4;;/h6-7,10-11,19,23H,5,8-9H2,1-4H3;1H;1H2. The lowest BCUT2D eigenvalue weighted by atomic mass is 10.1. The van der Waals surface area contributed by atoms with Gasteiger partial charge in [-0.1, -0.05) is 0 Å². The first-order valence-electron chi connectivity index (χ1n) is 9.18. The van der Waals surface area contributed by atoms with Gasteiger partial charge in [-0.05, 0) is 25.5 Å². The van der Waals surface area contributed by atoms with Gasteiger partial charge in [0.15, 0.2) is 17.1 Å². The Balaban J connectivity index is 0.00000240. The highest BCUT2D eigenvalue weighted by Crippen LogP contribution is 2.30. The number of fused-ring (bicyclic) bond motifs is 1. The number of halogens is 3. The minimum Gasteiger partial charge on any atom is -0.493 e. The molecular formula is C20H27F3N4O4. The van der Waals surface area contributed by atoms with Gasteiger partial charge in [-0.3, -0.25) is 18.7 Å². The number of methoxy groups -OCH3 is 2. The van der Waals surface area contributed by atoms with E-state index in [1.165, 1.54) is 9.25 Å². The first kappa shape index (κ1) is 25.8. The molecule has 0 radical (unpaired) electrons. The summed E-state index contributed by atoms with van der Waals surface area (Å²) < 4.78 is 40.3. The fraction of sp³-hybridized carbons (Fsp3) is 0.400. The van der Waals surface area contributed by atoms with Crippen LogP contribution in [0.5, 0.6) is 11.5 Å². The van der Waals surface area contributed by atoms with E-state index in [-0.39, 0.29) is 15.7 Å². The highest BCUT2D eigenvalue weighted by atomic mass is 19.3. The highest BCUT2D eigenvalue weighted by Gasteiger charge is 2.21. The number of alkyl halides is 2. The Morgan fingerprint density at radius 2 is 1.84 bits per heavy atom. The number of nitrogens with zero attached hydrogens (tertiary/aromatic N) is 3. The predicted octanol–water partition coefficient (Wildman–Crippen LogP) is 2.83. The fourth-order valence-corrected chi connectivity index (χ4v) is 3.31. The molecule has 0 bridgehead atoms. The number of ether oxygens (including phenoxy) is 2. The van der Waals surface area contributed by atoms with Gasteiger partial charge in [-0.15, -0.1) is 0 Å². The first-order valence-corrected chi connectivity index (χ1v) is 9.18. The van der Waals surface area contributed by atoms with E-state index in [1.807, 2.05) is 12.1 Å². The van der Waals surface area contributed by atoms with Crippen molar-refractivity contribution in [2.24, 2.45) is 7.05 Å². The van der Waals surface area contributed by atoms with Gasteiger partial charge >= 0.3 is 0 Å². The van der Waals surface area contributed by atoms with Crippen molar-refractivity contribution < 1.29 is 28.4 Å². The fourth-order valence-electron chi connectivity index (χ4n) is 3.31. The number of nitrogens with one attached hydrogen (secondary N) is 1. The molecule has 1 aromatic carbocycles. The third-order valence-electron chi connectivity index (χ3n) is 4.91. The number of rotatable bonds is 8. The van der Waals surface area contributed by atoms with Crippen LogP contribution in [-0.4, -0.2) is 40.6 Å². The molecule has 0 fully saturated rings. The molecule has 3 N–H and O–H groups in total. The minimum absolute atomic E-state index is 0. The Bertz CT molecular complexity index is 1080. The molecule has 3 rings (SSSR count). The molecule has 11 heteroatoms. The molecule has 0 spiro atoms. The van der Waals surface area contributed by atoms with Gasteiger partial charge in [0.25, 0.3) is 12.0 Å². The van der Waals surface area contributed by atoms with Crippen molar-refractivity contribution in [3.05, 3.63) is 45.9 Å². The summed E-state index contributed by atoms with van der Waals surface area (Å²) in [4.78, 5) is 12.4. The van der Waals surface area contributed by atoms with E-state index in [9.17, 15) is 13.6 Å². The third kappa shape index (κ3) is 5.10. The van der Waals surface area contributed by atoms with Gasteiger partial charge in [0.1, 0.15) is 0 Å². The van der Waals surface area contributed by atoms with Crippen LogP contribution in [-0.2, 0) is 13.6 Å². The molecule has 0 aliphatic carbocycles. The van der Waals surface area contributed by atoms with E-state index in [2.05, 4.69) is 10.4 Å². The molecule has 0 unspecified atom stereocenters. The summed E-state index contributed by atoms with van der Waals surface area (Å²) in [6.07, 6.45) is -2.12. The van der Waals surface area contributed by atoms with E-state index in [0.29, 0.717) is 47.7 Å². The minimum atomic E-state index is -2.73. The summed E-state index contributed by atoms with van der Waals surface area (Å²) in [5.41, 5.74) is 1.00. The van der Waals surface area contributed by atoms with Crippen molar-refractivity contribution in [2.45, 2.75) is 26.3 Å². The molecule has 0 aliphatic rings. The number of hydrogen-bond acceptors (Lipinski definition) is 5. The molecule has 172 valence electrons. The number of pyridine rings is 1. The summed E-state index contributed by atoms with van der Waals surface area (Å²) in [5.74, 6) is 1.25. The largest absolute Gasteiger partial charge is 0.493 e. The number of anilines is 1. The lowest BCUT2D eigenvalue weighted by molar-refractivity contribution is 0.153. The lowest BCUT2D eigenvalue weighted by Gasteiger charge is -2.12. The summed E-state index contributed by atoms with van der Waals surface area (Å²) in [6.45, 7) is 2.65. The smallest absolute Gasteiger partial charge is 0.264 e. The van der Waals surface area contributed by atoms with E-state index in [1.54, 1.807) is 34.3 Å². The molecule has 0 atom stereocenters. The third-order valence-corrected chi connectivity index (χ3v) is 4.91. The number of hydrogen-bond donors (Lipinski definition) is 1. The van der Waals surface area contributed by atoms with E-state index in [4.69, 9.17) is 9.47 Å². The van der Waals surface area contributed by atoms with Crippen LogP contribution in [0.4, 0.5) is 19.2 Å². The predicted molar refractivity (Wildman–Crippen MR) is 113 cm³/mol. The zero-order chi connectivity index (χ0) is 21.1. The van der Waals surface area contributed by atoms with Crippen LogP contribution < -0.4 is 20.3 Å². The van der Waals surface area contributed by atoms with Gasteiger partial charge in [0.05, 0.1) is 14.2 Å². The van der Waals surface area contributed by atoms with Gasteiger partial charge in [-0.25, -0.2) is 8.78 Å². The molecule has 0 amide bonds. The van der Waals surface area contributed by atoms with Crippen LogP contribution in [0.15, 0.2) is 29.1 Å². The number of aromatic nitrogens is 3. The average molecular weight is 444 g/mol. The maximum Gasteiger partial charge on any atom is 0.264 e. The summed E-state index contributed by atoms with van der Waals surface area (Å²) in [7, 11) is 4.82. The second kappa shape index (κ2) is 10.7. The maximum absolute atomic E-state index is 13.4. The first-order chi connectivity index (χ1) is 13.9. The molecule has 0 aliphatic heterocycles. The molecule has 2 heterocycles. The van der Waals surface area contributed by atoms with Gasteiger partial charge in [-0.2, -0.15) is 5.10 Å². The van der Waals surface area contributed by atoms with Gasteiger partial charge in [0, 0.05) is 54.6 Å². The maximum atomic E-state index is 13.4. The molecule has 31 heavy (non-hydrogen) atoms. The van der Waals surface area contributed by atoms with Crippen molar-refractivity contribution >= 4 is 16.7 Å². The van der Waals surface area contributed by atoms with Crippen molar-refractivity contribution in [1.82, 2.24) is 14.3 Å². The molecule has 2 aromatic heterocycles. The van der Waals surface area contributed by atoms with Crippen LogP contribution in [0.25, 0.3) is 11.0 Å². The molecule has 0 saturated heterocycles. The van der Waals surface area contributed by atoms with Gasteiger partial charge in [0.2, 0.25) is 0 Å². The Hall–Kier alpha value is -3.21. The quantitative estimate of drug-likeness (QED) is 0.539. The topological polar surface area (TPSA) is 102 Å². The summed E-state index contributed by atoms with van der Waals surface area (Å²) in [5, 5.41) is 7.89. The van der Waals surface area contributed by atoms with Crippen molar-refractivity contribution in [3.8, 4) is 11.5 Å². The monoisotopic (exact) mass is 444 g/mol. The molecule has 8 nitrogen and oxygen atoms in total. The Labute approximate surface area is 177 Å². The van der Waals surface area contributed by atoms with Crippen molar-refractivity contribution in [3.63, 3.8) is 0 Å². The van der Waals surface area contributed by atoms with Crippen LogP contribution >= 0.6 is 0 Å². The van der Waals surface area contributed by atoms with Crippen LogP contribution in [0.3, 0.4) is 0 Å². The normalized spacial score (nSPS) is 10.5. The molecule has 0 saturated carbocycles. The Kier molecular flexibility index (Phi) is 8.92. The zero-order valence-corrected chi connectivity index (χ0v) is 17.7. The average Bonchev–Trinajstić information content (AvgIpc) is 3.00. The van der Waals surface area contributed by atoms with Crippen LogP contribution in [0.2, 0.25) is 0 Å². The van der Waals surface area contributed by atoms with E-state index < -0.39 is 12.0 Å². The van der Waals surface area contributed by atoms with E-state index in [0.717, 1.165) is 11.8 Å². The SMILES string of the molecule is COc1ccc(NCCCn2c(=O)cc(C(F)F)c3c(C)n(C)nc32)cc1OC.F.O.